The van der Waals surface area contributed by atoms with Crippen molar-refractivity contribution in [1.29, 1.82) is 0 Å². The zero-order valence-corrected chi connectivity index (χ0v) is 14.6. The summed E-state index contributed by atoms with van der Waals surface area (Å²) in [6.45, 7) is 7.27. The van der Waals surface area contributed by atoms with Crippen molar-refractivity contribution in [3.05, 3.63) is 51.4 Å². The highest BCUT2D eigenvalue weighted by Gasteiger charge is 2.23. The number of hydrogen-bond acceptors (Lipinski definition) is 3. The highest BCUT2D eigenvalue weighted by molar-refractivity contribution is 9.10. The quantitative estimate of drug-likeness (QED) is 0.814. The van der Waals surface area contributed by atoms with Gasteiger partial charge in [-0.05, 0) is 72.1 Å². The third kappa shape index (κ3) is 3.69. The van der Waals surface area contributed by atoms with Gasteiger partial charge in [-0.3, -0.25) is 0 Å². The molecule has 0 saturated heterocycles. The lowest BCUT2D eigenvalue weighted by atomic mass is 9.96. The first-order chi connectivity index (χ1) is 10.1. The molecule has 0 bridgehead atoms. The lowest BCUT2D eigenvalue weighted by Crippen LogP contribution is -2.24. The molecule has 2 rings (SSSR count). The molecule has 0 aliphatic heterocycles. The molecule has 3 nitrogen and oxygen atoms in total. The molecule has 1 atom stereocenters. The summed E-state index contributed by atoms with van der Waals surface area (Å²) in [6.07, 6.45) is 1.06. The minimum atomic E-state index is -0.00759. The maximum absolute atomic E-state index is 5.78. The topological polar surface area (TPSA) is 34.4 Å². The monoisotopic (exact) mass is 351 g/mol. The van der Waals surface area contributed by atoms with Crippen LogP contribution in [0.2, 0.25) is 0 Å². The van der Waals surface area contributed by atoms with Gasteiger partial charge in [0.2, 0.25) is 0 Å². The van der Waals surface area contributed by atoms with Crippen LogP contribution in [0.3, 0.4) is 0 Å². The number of nitrogens with one attached hydrogen (secondary N) is 1. The van der Waals surface area contributed by atoms with Crippen molar-refractivity contribution in [1.82, 2.24) is 5.32 Å². The van der Waals surface area contributed by atoms with E-state index in [1.807, 2.05) is 12.1 Å². The Hall–Kier alpha value is -1.26. The van der Waals surface area contributed by atoms with E-state index in [0.717, 1.165) is 34.7 Å². The van der Waals surface area contributed by atoms with E-state index in [1.54, 1.807) is 7.11 Å². The molecule has 0 fully saturated rings. The van der Waals surface area contributed by atoms with Crippen molar-refractivity contribution in [2.24, 2.45) is 0 Å². The van der Waals surface area contributed by atoms with Crippen LogP contribution in [0.4, 0.5) is 0 Å². The molecule has 1 aromatic heterocycles. The Morgan fingerprint density at radius 3 is 2.62 bits per heavy atom. The summed E-state index contributed by atoms with van der Waals surface area (Å²) in [6, 6.07) is 8.16. The van der Waals surface area contributed by atoms with Crippen LogP contribution in [0.1, 0.15) is 41.8 Å². The highest BCUT2D eigenvalue weighted by atomic mass is 79.9. The van der Waals surface area contributed by atoms with Crippen LogP contribution >= 0.6 is 15.9 Å². The van der Waals surface area contributed by atoms with E-state index in [1.165, 1.54) is 11.1 Å². The van der Waals surface area contributed by atoms with Gasteiger partial charge in [-0.2, -0.15) is 0 Å². The number of methoxy groups -OCH3 is 1. The SMILES string of the molecule is CCCNC(c1ccc(Br)o1)c1c(C)cc(C)cc1OC. The molecular formula is C17H22BrNO2. The fourth-order valence-corrected chi connectivity index (χ4v) is 2.91. The van der Waals surface area contributed by atoms with Gasteiger partial charge in [0.1, 0.15) is 11.5 Å². The van der Waals surface area contributed by atoms with E-state index in [-0.39, 0.29) is 6.04 Å². The van der Waals surface area contributed by atoms with E-state index in [2.05, 4.69) is 54.2 Å². The zero-order chi connectivity index (χ0) is 15.4. The third-order valence-corrected chi connectivity index (χ3v) is 3.90. The first-order valence-electron chi connectivity index (χ1n) is 7.20. The second kappa shape index (κ2) is 7.14. The molecule has 0 spiro atoms. The highest BCUT2D eigenvalue weighted by Crippen LogP contribution is 2.35. The van der Waals surface area contributed by atoms with Gasteiger partial charge < -0.3 is 14.5 Å². The molecule has 21 heavy (non-hydrogen) atoms. The maximum Gasteiger partial charge on any atom is 0.169 e. The van der Waals surface area contributed by atoms with E-state index < -0.39 is 0 Å². The number of furan rings is 1. The average molecular weight is 352 g/mol. The van der Waals surface area contributed by atoms with Gasteiger partial charge in [0.05, 0.1) is 13.2 Å². The minimum Gasteiger partial charge on any atom is -0.496 e. The van der Waals surface area contributed by atoms with Gasteiger partial charge in [-0.1, -0.05) is 13.0 Å². The maximum atomic E-state index is 5.78. The second-order valence-corrected chi connectivity index (χ2v) is 6.01. The van der Waals surface area contributed by atoms with Crippen molar-refractivity contribution in [3.8, 4) is 5.75 Å². The lowest BCUT2D eigenvalue weighted by molar-refractivity contribution is 0.388. The zero-order valence-electron chi connectivity index (χ0n) is 13.0. The first-order valence-corrected chi connectivity index (χ1v) is 7.99. The smallest absolute Gasteiger partial charge is 0.169 e. The number of aryl methyl sites for hydroxylation is 2. The number of rotatable bonds is 6. The number of benzene rings is 1. The molecule has 1 aromatic carbocycles. The van der Waals surface area contributed by atoms with Crippen molar-refractivity contribution < 1.29 is 9.15 Å². The summed E-state index contributed by atoms with van der Waals surface area (Å²) in [7, 11) is 1.71. The van der Waals surface area contributed by atoms with Crippen molar-refractivity contribution in [3.63, 3.8) is 0 Å². The van der Waals surface area contributed by atoms with Crippen molar-refractivity contribution in [2.75, 3.05) is 13.7 Å². The number of hydrogen-bond donors (Lipinski definition) is 1. The predicted molar refractivity (Wildman–Crippen MR) is 89.0 cm³/mol. The largest absolute Gasteiger partial charge is 0.496 e. The van der Waals surface area contributed by atoms with Gasteiger partial charge in [-0.15, -0.1) is 0 Å². The molecule has 114 valence electrons. The fraction of sp³-hybridized carbons (Fsp3) is 0.412. The Labute approximate surface area is 134 Å². The second-order valence-electron chi connectivity index (χ2n) is 5.23. The Morgan fingerprint density at radius 1 is 1.29 bits per heavy atom. The lowest BCUT2D eigenvalue weighted by Gasteiger charge is -2.22. The molecule has 4 heteroatoms. The van der Waals surface area contributed by atoms with E-state index in [0.29, 0.717) is 0 Å². The Balaban J connectivity index is 2.50. The summed E-state index contributed by atoms with van der Waals surface area (Å²) >= 11 is 3.38. The molecule has 0 aliphatic rings. The van der Waals surface area contributed by atoms with Crippen LogP contribution in [-0.2, 0) is 0 Å². The van der Waals surface area contributed by atoms with E-state index >= 15 is 0 Å². The minimum absolute atomic E-state index is 0.00759. The van der Waals surface area contributed by atoms with Crippen LogP contribution in [-0.4, -0.2) is 13.7 Å². The van der Waals surface area contributed by atoms with E-state index in [9.17, 15) is 0 Å². The van der Waals surface area contributed by atoms with Crippen LogP contribution in [0.25, 0.3) is 0 Å². The summed E-state index contributed by atoms with van der Waals surface area (Å²) in [5.41, 5.74) is 3.54. The van der Waals surface area contributed by atoms with Crippen molar-refractivity contribution >= 4 is 15.9 Å². The normalized spacial score (nSPS) is 12.4. The molecule has 0 aliphatic carbocycles. The first kappa shape index (κ1) is 16.1. The van der Waals surface area contributed by atoms with Gasteiger partial charge in [0, 0.05) is 5.56 Å². The van der Waals surface area contributed by atoms with E-state index in [4.69, 9.17) is 9.15 Å². The standard InChI is InChI=1S/C17H22BrNO2/c1-5-8-19-17(13-6-7-15(18)21-13)16-12(3)9-11(2)10-14(16)20-4/h6-7,9-10,17,19H,5,8H2,1-4H3. The summed E-state index contributed by atoms with van der Waals surface area (Å²) < 4.78 is 12.1. The number of ether oxygens (including phenoxy) is 1. The summed E-state index contributed by atoms with van der Waals surface area (Å²) in [5.74, 6) is 1.79. The molecule has 1 N–H and O–H groups in total. The van der Waals surface area contributed by atoms with Crippen LogP contribution < -0.4 is 10.1 Å². The molecule has 0 radical (unpaired) electrons. The molecule has 0 amide bonds. The molecule has 2 aromatic rings. The Morgan fingerprint density at radius 2 is 2.05 bits per heavy atom. The Bertz CT molecular complexity index is 607. The molecular weight excluding hydrogens is 330 g/mol. The van der Waals surface area contributed by atoms with Crippen LogP contribution in [0.5, 0.6) is 5.75 Å². The van der Waals surface area contributed by atoms with Gasteiger partial charge in [0.15, 0.2) is 4.67 Å². The predicted octanol–water partition coefficient (Wildman–Crippen LogP) is 4.76. The molecule has 1 heterocycles. The summed E-state index contributed by atoms with van der Waals surface area (Å²) in [4.78, 5) is 0. The average Bonchev–Trinajstić information content (AvgIpc) is 2.87. The molecule has 0 saturated carbocycles. The molecule has 1 unspecified atom stereocenters. The van der Waals surface area contributed by atoms with Crippen LogP contribution in [0, 0.1) is 13.8 Å². The van der Waals surface area contributed by atoms with Gasteiger partial charge in [0.25, 0.3) is 0 Å². The van der Waals surface area contributed by atoms with Crippen LogP contribution in [0.15, 0.2) is 33.4 Å². The Kier molecular flexibility index (Phi) is 5.48. The van der Waals surface area contributed by atoms with Gasteiger partial charge >= 0.3 is 0 Å². The number of halogens is 1. The van der Waals surface area contributed by atoms with Crippen molar-refractivity contribution in [2.45, 2.75) is 33.2 Å². The fourth-order valence-electron chi connectivity index (χ4n) is 2.60. The summed E-state index contributed by atoms with van der Waals surface area (Å²) in [5, 5.41) is 3.56. The van der Waals surface area contributed by atoms with Gasteiger partial charge in [-0.25, -0.2) is 0 Å². The third-order valence-electron chi connectivity index (χ3n) is 3.48.